The first-order valence-corrected chi connectivity index (χ1v) is 16.3. The highest BCUT2D eigenvalue weighted by Gasteiger charge is 2.23. The van der Waals surface area contributed by atoms with Crippen LogP contribution in [0.15, 0.2) is 91.0 Å². The molecule has 0 amide bonds. The van der Waals surface area contributed by atoms with Crippen molar-refractivity contribution in [3.8, 4) is 0 Å². The Hall–Kier alpha value is -3.27. The number of para-hydroxylation sites is 1. The molecule has 1 heterocycles. The molecule has 2 N–H and O–H groups in total. The predicted molar refractivity (Wildman–Crippen MR) is 182 cm³/mol. The SMILES string of the molecule is CCCC[N+]1=c2cc/c(=C(\c3ccc(CC)cc3)C3C=CC(N(CC)CC)C=C3)cc2CCc2ccccc21.CCN. The first kappa shape index (κ1) is 31.7. The quantitative estimate of drug-likeness (QED) is 0.236. The van der Waals surface area contributed by atoms with E-state index in [2.05, 4.69) is 128 Å². The van der Waals surface area contributed by atoms with Gasteiger partial charge in [0.05, 0.1) is 0 Å². The Labute approximate surface area is 254 Å². The molecule has 0 atom stereocenters. The van der Waals surface area contributed by atoms with E-state index in [1.807, 2.05) is 6.92 Å². The van der Waals surface area contributed by atoms with Gasteiger partial charge in [-0.2, -0.15) is 4.58 Å². The molecule has 0 bridgehead atoms. The monoisotopic (exact) mass is 562 g/mol. The van der Waals surface area contributed by atoms with Crippen molar-refractivity contribution in [1.82, 2.24) is 9.48 Å². The van der Waals surface area contributed by atoms with E-state index in [9.17, 15) is 0 Å². The number of nitrogens with zero attached hydrogens (tertiary/aromatic N) is 2. The number of unbranched alkanes of at least 4 members (excludes halogenated alkanes) is 1. The lowest BCUT2D eigenvalue weighted by molar-refractivity contribution is 0.286. The first-order chi connectivity index (χ1) is 20.6. The highest BCUT2D eigenvalue weighted by atomic mass is 15.1. The normalized spacial score (nSPS) is 18.1. The molecule has 222 valence electrons. The summed E-state index contributed by atoms with van der Waals surface area (Å²) >= 11 is 0. The van der Waals surface area contributed by atoms with Gasteiger partial charge in [0.15, 0.2) is 0 Å². The number of allylic oxidation sites excluding steroid dienone is 2. The van der Waals surface area contributed by atoms with E-state index in [1.54, 1.807) is 0 Å². The second kappa shape index (κ2) is 15.8. The predicted octanol–water partition coefficient (Wildman–Crippen LogP) is 6.59. The molecule has 2 aliphatic rings. The summed E-state index contributed by atoms with van der Waals surface area (Å²) in [7, 11) is 0. The summed E-state index contributed by atoms with van der Waals surface area (Å²) < 4.78 is 2.58. The zero-order chi connectivity index (χ0) is 29.9. The lowest BCUT2D eigenvalue weighted by Gasteiger charge is -2.28. The van der Waals surface area contributed by atoms with Crippen LogP contribution in [0.5, 0.6) is 0 Å². The van der Waals surface area contributed by atoms with Gasteiger partial charge in [-0.15, -0.1) is 0 Å². The van der Waals surface area contributed by atoms with Crippen molar-refractivity contribution in [1.29, 1.82) is 0 Å². The van der Waals surface area contributed by atoms with Crippen molar-refractivity contribution in [2.75, 3.05) is 26.2 Å². The van der Waals surface area contributed by atoms with Gasteiger partial charge in [0.25, 0.3) is 0 Å². The van der Waals surface area contributed by atoms with Gasteiger partial charge in [0, 0.05) is 41.6 Å². The second-order valence-corrected chi connectivity index (χ2v) is 11.4. The molecule has 42 heavy (non-hydrogen) atoms. The minimum absolute atomic E-state index is 0.265. The highest BCUT2D eigenvalue weighted by Crippen LogP contribution is 2.28. The smallest absolute Gasteiger partial charge is 0.208 e. The van der Waals surface area contributed by atoms with E-state index in [1.165, 1.54) is 56.9 Å². The Morgan fingerprint density at radius 3 is 2.12 bits per heavy atom. The molecule has 1 aliphatic heterocycles. The minimum atomic E-state index is 0.265. The maximum atomic E-state index is 4.85. The summed E-state index contributed by atoms with van der Waals surface area (Å²) in [5, 5.41) is 2.73. The van der Waals surface area contributed by atoms with Gasteiger partial charge in [-0.1, -0.05) is 108 Å². The lowest BCUT2D eigenvalue weighted by Crippen LogP contribution is -2.33. The molecule has 3 aromatic carbocycles. The van der Waals surface area contributed by atoms with Crippen molar-refractivity contribution in [3.05, 3.63) is 124 Å². The third kappa shape index (κ3) is 7.38. The fourth-order valence-corrected chi connectivity index (χ4v) is 6.31. The zero-order valence-corrected chi connectivity index (χ0v) is 26.7. The van der Waals surface area contributed by atoms with Crippen LogP contribution in [0.1, 0.15) is 69.7 Å². The Morgan fingerprint density at radius 1 is 0.810 bits per heavy atom. The summed E-state index contributed by atoms with van der Waals surface area (Å²) in [4.78, 5) is 2.50. The highest BCUT2D eigenvalue weighted by molar-refractivity contribution is 5.71. The molecule has 3 aromatic rings. The lowest BCUT2D eigenvalue weighted by atomic mass is 9.85. The fraction of sp³-hybridized carbons (Fsp3) is 0.410. The van der Waals surface area contributed by atoms with Crippen molar-refractivity contribution in [2.45, 2.75) is 72.8 Å². The van der Waals surface area contributed by atoms with Gasteiger partial charge in [-0.25, -0.2) is 0 Å². The van der Waals surface area contributed by atoms with E-state index in [-0.39, 0.29) is 5.92 Å². The zero-order valence-electron chi connectivity index (χ0n) is 26.7. The maximum absolute atomic E-state index is 4.85. The van der Waals surface area contributed by atoms with Gasteiger partial charge >= 0.3 is 0 Å². The van der Waals surface area contributed by atoms with Crippen LogP contribution < -0.4 is 20.9 Å². The third-order valence-electron chi connectivity index (χ3n) is 8.63. The summed E-state index contributed by atoms with van der Waals surface area (Å²) in [6.45, 7) is 14.9. The Kier molecular flexibility index (Phi) is 11.9. The number of aryl methyl sites for hydroxylation is 3. The van der Waals surface area contributed by atoms with Gasteiger partial charge in [-0.05, 0) is 72.9 Å². The van der Waals surface area contributed by atoms with Crippen LogP contribution in [0.25, 0.3) is 5.57 Å². The Morgan fingerprint density at radius 2 is 1.48 bits per heavy atom. The van der Waals surface area contributed by atoms with Gasteiger partial charge < -0.3 is 5.73 Å². The molecule has 0 spiro atoms. The summed E-state index contributed by atoms with van der Waals surface area (Å²) in [5.41, 5.74) is 13.3. The number of rotatable bonds is 9. The average Bonchev–Trinajstić information content (AvgIpc) is 3.18. The Balaban J connectivity index is 0.00000129. The van der Waals surface area contributed by atoms with E-state index in [4.69, 9.17) is 5.73 Å². The third-order valence-corrected chi connectivity index (χ3v) is 8.63. The van der Waals surface area contributed by atoms with Gasteiger partial charge in [0.2, 0.25) is 11.0 Å². The molecule has 0 aromatic heterocycles. The van der Waals surface area contributed by atoms with Crippen molar-refractivity contribution < 1.29 is 0 Å². The first-order valence-electron chi connectivity index (χ1n) is 16.3. The summed E-state index contributed by atoms with van der Waals surface area (Å²) in [6.07, 6.45) is 15.3. The van der Waals surface area contributed by atoms with Crippen LogP contribution >= 0.6 is 0 Å². The fourth-order valence-electron chi connectivity index (χ4n) is 6.31. The number of likely N-dealkylation sites (N-methyl/N-ethyl adjacent to an activating group) is 1. The van der Waals surface area contributed by atoms with E-state index < -0.39 is 0 Å². The molecule has 3 heteroatoms. The van der Waals surface area contributed by atoms with E-state index in [0.717, 1.165) is 45.4 Å². The van der Waals surface area contributed by atoms with Crippen LogP contribution in [0.4, 0.5) is 5.69 Å². The van der Waals surface area contributed by atoms with E-state index >= 15 is 0 Å². The molecule has 0 fully saturated rings. The van der Waals surface area contributed by atoms with E-state index in [0.29, 0.717) is 6.04 Å². The van der Waals surface area contributed by atoms with Crippen molar-refractivity contribution in [2.24, 2.45) is 11.7 Å². The molecular weight excluding hydrogens is 510 g/mol. The number of nitrogens with two attached hydrogens (primary N) is 1. The van der Waals surface area contributed by atoms with Crippen molar-refractivity contribution >= 4 is 11.3 Å². The maximum Gasteiger partial charge on any atom is 0.208 e. The van der Waals surface area contributed by atoms with Gasteiger partial charge in [-0.3, -0.25) is 4.90 Å². The molecule has 3 nitrogen and oxygen atoms in total. The van der Waals surface area contributed by atoms with Crippen molar-refractivity contribution in [3.63, 3.8) is 0 Å². The van der Waals surface area contributed by atoms with Crippen LogP contribution in [-0.4, -0.2) is 37.1 Å². The number of hydrogen-bond acceptors (Lipinski definition) is 2. The van der Waals surface area contributed by atoms with Crippen LogP contribution in [0.3, 0.4) is 0 Å². The molecule has 0 unspecified atom stereocenters. The molecule has 0 saturated heterocycles. The molecule has 1 aliphatic carbocycles. The number of hydrogen-bond donors (Lipinski definition) is 1. The summed E-state index contributed by atoms with van der Waals surface area (Å²) in [6, 6.07) is 26.0. The second-order valence-electron chi connectivity index (χ2n) is 11.4. The largest absolute Gasteiger partial charge is 0.331 e. The number of fused-ring (bicyclic) bond motifs is 2. The molecule has 0 radical (unpaired) electrons. The molecule has 5 rings (SSSR count). The van der Waals surface area contributed by atoms with Crippen LogP contribution in [0, 0.1) is 5.92 Å². The summed E-state index contributed by atoms with van der Waals surface area (Å²) in [5.74, 6) is 0.265. The van der Waals surface area contributed by atoms with Crippen LogP contribution in [-0.2, 0) is 19.3 Å². The topological polar surface area (TPSA) is 32.3 Å². The van der Waals surface area contributed by atoms with Crippen LogP contribution in [0.2, 0.25) is 0 Å². The Bertz CT molecular complexity index is 1460. The molecule has 0 saturated carbocycles. The standard InChI is InChI=1S/C37H45N2.C2H7N/c1-5-9-26-39-35-13-11-10-12-29(35)18-19-32-27-33(22-25-36(32)39)37(30-16-14-28(6-2)15-17-30)31-20-23-34(24-21-31)38(7-3)8-4;1-2-3/h10-17,20-25,27,31,34H,5-9,18-19,26H2,1-4H3;2-3H2,1H3/q+1;/b37-33-;. The minimum Gasteiger partial charge on any atom is -0.331 e. The average molecular weight is 563 g/mol. The van der Waals surface area contributed by atoms with Gasteiger partial charge in [0.1, 0.15) is 6.54 Å². The molecular formula is C39H52N3+. The number of benzene rings is 3.